The number of aromatic nitrogens is 1. The first-order chi connectivity index (χ1) is 17.8. The Balaban J connectivity index is 1.64. The van der Waals surface area contributed by atoms with E-state index in [4.69, 9.17) is 14.1 Å². The third kappa shape index (κ3) is 6.51. The number of ether oxygens (including phenoxy) is 1. The molecule has 8 heteroatoms. The molecule has 1 fully saturated rings. The average molecular weight is 525 g/mol. The van der Waals surface area contributed by atoms with Crippen molar-refractivity contribution in [1.82, 2.24) is 14.8 Å². The number of nitrogens with zero attached hydrogens (tertiary/aromatic N) is 3. The minimum atomic E-state index is -0.560. The van der Waals surface area contributed by atoms with E-state index >= 15 is 0 Å². The Bertz CT molecular complexity index is 1130. The number of aryl methyl sites for hydroxylation is 1. The fourth-order valence-electron chi connectivity index (χ4n) is 5.43. The van der Waals surface area contributed by atoms with Crippen molar-refractivity contribution in [1.29, 1.82) is 0 Å². The predicted molar refractivity (Wildman–Crippen MR) is 148 cm³/mol. The van der Waals surface area contributed by atoms with Crippen molar-refractivity contribution in [3.05, 3.63) is 47.0 Å². The van der Waals surface area contributed by atoms with Crippen molar-refractivity contribution in [3.8, 4) is 0 Å². The molecule has 1 N–H and O–H groups in total. The summed E-state index contributed by atoms with van der Waals surface area (Å²) in [6.45, 7) is 16.4. The van der Waals surface area contributed by atoms with Crippen LogP contribution in [0.25, 0.3) is 0 Å². The Labute approximate surface area is 227 Å². The quantitative estimate of drug-likeness (QED) is 0.477. The zero-order chi connectivity index (χ0) is 27.7. The molecule has 0 spiro atoms. The topological polar surface area (TPSA) is 87.9 Å². The van der Waals surface area contributed by atoms with Gasteiger partial charge >= 0.3 is 6.09 Å². The molecule has 0 saturated carbocycles. The van der Waals surface area contributed by atoms with E-state index in [2.05, 4.69) is 33.0 Å². The number of amides is 2. The summed E-state index contributed by atoms with van der Waals surface area (Å²) in [6, 6.07) is 5.72. The number of furan rings is 1. The van der Waals surface area contributed by atoms with Crippen LogP contribution in [-0.2, 0) is 23.1 Å². The van der Waals surface area contributed by atoms with Crippen LogP contribution in [0.2, 0.25) is 0 Å². The van der Waals surface area contributed by atoms with Gasteiger partial charge in [0, 0.05) is 31.1 Å². The Morgan fingerprint density at radius 1 is 1.32 bits per heavy atom. The van der Waals surface area contributed by atoms with Crippen LogP contribution in [0.15, 0.2) is 28.9 Å². The number of carbonyl (C=O) groups excluding carboxylic acids is 2. The fraction of sp³-hybridized carbons (Fsp3) is 0.633. The minimum absolute atomic E-state index is 0.0348. The normalized spacial score (nSPS) is 18.8. The molecule has 38 heavy (non-hydrogen) atoms. The molecule has 0 radical (unpaired) electrons. The number of nitrogens with one attached hydrogen (secondary N) is 1. The highest BCUT2D eigenvalue weighted by Crippen LogP contribution is 2.39. The van der Waals surface area contributed by atoms with Gasteiger partial charge in [0.05, 0.1) is 24.1 Å². The largest absolute Gasteiger partial charge is 0.467 e. The van der Waals surface area contributed by atoms with E-state index in [1.54, 1.807) is 11.2 Å². The van der Waals surface area contributed by atoms with Crippen molar-refractivity contribution in [2.75, 3.05) is 25.0 Å². The molecule has 2 amide bonds. The van der Waals surface area contributed by atoms with E-state index < -0.39 is 5.60 Å². The molecular weight excluding hydrogens is 480 g/mol. The zero-order valence-corrected chi connectivity index (χ0v) is 24.1. The molecule has 1 aliphatic carbocycles. The van der Waals surface area contributed by atoms with Crippen molar-refractivity contribution >= 4 is 17.8 Å². The molecule has 208 valence electrons. The number of likely N-dealkylation sites (tertiary alicyclic amines) is 1. The van der Waals surface area contributed by atoms with Gasteiger partial charge < -0.3 is 24.3 Å². The second-order valence-electron chi connectivity index (χ2n) is 12.8. The summed E-state index contributed by atoms with van der Waals surface area (Å²) in [5.41, 5.74) is 2.19. The first kappa shape index (κ1) is 28.0. The molecule has 0 aromatic carbocycles. The first-order valence-corrected chi connectivity index (χ1v) is 13.9. The molecule has 1 unspecified atom stereocenters. The Kier molecular flexibility index (Phi) is 8.09. The molecule has 1 atom stereocenters. The second kappa shape index (κ2) is 11.0. The molecule has 2 aromatic rings. The van der Waals surface area contributed by atoms with E-state index in [0.29, 0.717) is 37.6 Å². The maximum atomic E-state index is 14.3. The number of rotatable bonds is 7. The summed E-state index contributed by atoms with van der Waals surface area (Å²) >= 11 is 0. The van der Waals surface area contributed by atoms with E-state index in [1.165, 1.54) is 0 Å². The number of fused-ring (bicyclic) bond motifs is 1. The molecule has 4 rings (SSSR count). The van der Waals surface area contributed by atoms with Crippen LogP contribution >= 0.6 is 0 Å². The molecular formula is C30H44N4O4. The minimum Gasteiger partial charge on any atom is -0.467 e. The van der Waals surface area contributed by atoms with E-state index in [0.717, 1.165) is 42.7 Å². The predicted octanol–water partition coefficient (Wildman–Crippen LogP) is 6.01. The Morgan fingerprint density at radius 3 is 2.74 bits per heavy atom. The van der Waals surface area contributed by atoms with Crippen molar-refractivity contribution in [2.45, 2.75) is 97.8 Å². The van der Waals surface area contributed by atoms with Crippen LogP contribution in [0.3, 0.4) is 0 Å². The monoisotopic (exact) mass is 524 g/mol. The van der Waals surface area contributed by atoms with Crippen LogP contribution in [0.5, 0.6) is 0 Å². The molecule has 2 aliphatic rings. The highest BCUT2D eigenvalue weighted by molar-refractivity contribution is 5.99. The van der Waals surface area contributed by atoms with E-state index in [-0.39, 0.29) is 29.4 Å². The third-order valence-electron chi connectivity index (χ3n) is 7.31. The maximum absolute atomic E-state index is 14.3. The molecule has 1 saturated heterocycles. The van der Waals surface area contributed by atoms with Gasteiger partial charge in [0.15, 0.2) is 0 Å². The average Bonchev–Trinajstić information content (AvgIpc) is 3.46. The van der Waals surface area contributed by atoms with Gasteiger partial charge in [-0.2, -0.15) is 0 Å². The lowest BCUT2D eigenvalue weighted by Crippen LogP contribution is -2.53. The summed E-state index contributed by atoms with van der Waals surface area (Å²) in [5.74, 6) is 1.60. The van der Waals surface area contributed by atoms with E-state index in [1.807, 2.05) is 43.9 Å². The zero-order valence-electron chi connectivity index (χ0n) is 24.1. The third-order valence-corrected chi connectivity index (χ3v) is 7.31. The van der Waals surface area contributed by atoms with Crippen LogP contribution < -0.4 is 5.32 Å². The number of anilines is 1. The SMILES string of the molecule is CC(C)CN(C(=O)c1cc2c(nc1NCc1ccco1)C(C)(C)CC2)C1CCCN(C(=O)OC(C)(C)C)C1. The summed E-state index contributed by atoms with van der Waals surface area (Å²) in [7, 11) is 0. The van der Waals surface area contributed by atoms with Crippen LogP contribution in [0.1, 0.15) is 95.1 Å². The lowest BCUT2D eigenvalue weighted by atomic mass is 9.90. The van der Waals surface area contributed by atoms with Crippen LogP contribution in [0, 0.1) is 5.92 Å². The van der Waals surface area contributed by atoms with Gasteiger partial charge in [0.1, 0.15) is 17.2 Å². The number of pyridine rings is 1. The summed E-state index contributed by atoms with van der Waals surface area (Å²) in [4.78, 5) is 35.9. The molecule has 8 nitrogen and oxygen atoms in total. The van der Waals surface area contributed by atoms with Crippen molar-refractivity contribution < 1.29 is 18.7 Å². The van der Waals surface area contributed by atoms with Crippen molar-refractivity contribution in [2.24, 2.45) is 5.92 Å². The number of piperidine rings is 1. The highest BCUT2D eigenvalue weighted by Gasteiger charge is 2.37. The summed E-state index contributed by atoms with van der Waals surface area (Å²) in [6.07, 6.45) is 4.92. The van der Waals surface area contributed by atoms with Crippen LogP contribution in [-0.4, -0.2) is 58.1 Å². The van der Waals surface area contributed by atoms with Gasteiger partial charge in [0.2, 0.25) is 0 Å². The lowest BCUT2D eigenvalue weighted by molar-refractivity contribution is 0.00947. The summed E-state index contributed by atoms with van der Waals surface area (Å²) in [5, 5.41) is 3.39. The number of hydrogen-bond donors (Lipinski definition) is 1. The maximum Gasteiger partial charge on any atom is 0.410 e. The number of hydrogen-bond acceptors (Lipinski definition) is 6. The Morgan fingerprint density at radius 2 is 2.08 bits per heavy atom. The first-order valence-electron chi connectivity index (χ1n) is 13.9. The number of carbonyl (C=O) groups is 2. The van der Waals surface area contributed by atoms with Gasteiger partial charge in [-0.3, -0.25) is 4.79 Å². The van der Waals surface area contributed by atoms with Gasteiger partial charge in [-0.05, 0) is 76.1 Å². The molecule has 0 bridgehead atoms. The lowest BCUT2D eigenvalue weighted by Gasteiger charge is -2.40. The molecule has 2 aromatic heterocycles. The molecule has 1 aliphatic heterocycles. The molecule has 3 heterocycles. The summed E-state index contributed by atoms with van der Waals surface area (Å²) < 4.78 is 11.2. The van der Waals surface area contributed by atoms with E-state index in [9.17, 15) is 9.59 Å². The van der Waals surface area contributed by atoms with Gasteiger partial charge in [0.25, 0.3) is 5.91 Å². The standard InChI is InChI=1S/C30H44N4O4/c1-20(2)18-34(22-10-8-14-33(19-22)28(36)38-29(3,4)5)27(35)24-16-21-12-13-30(6,7)25(21)32-26(24)31-17-23-11-9-15-37-23/h9,11,15-16,20,22H,8,10,12-14,17-19H2,1-7H3,(H,31,32). The Hall–Kier alpha value is -3.03. The van der Waals surface area contributed by atoms with Gasteiger partial charge in [-0.25, -0.2) is 9.78 Å². The van der Waals surface area contributed by atoms with Gasteiger partial charge in [-0.15, -0.1) is 0 Å². The smallest absolute Gasteiger partial charge is 0.410 e. The van der Waals surface area contributed by atoms with Crippen molar-refractivity contribution in [3.63, 3.8) is 0 Å². The van der Waals surface area contributed by atoms with Crippen LogP contribution in [0.4, 0.5) is 10.6 Å². The highest BCUT2D eigenvalue weighted by atomic mass is 16.6. The fourth-order valence-corrected chi connectivity index (χ4v) is 5.43. The van der Waals surface area contributed by atoms with Gasteiger partial charge in [-0.1, -0.05) is 27.7 Å². The second-order valence-corrected chi connectivity index (χ2v) is 12.8.